The molecule has 1 N–H and O–H groups in total. The van der Waals surface area contributed by atoms with Gasteiger partial charge in [0.05, 0.1) is 29.4 Å². The summed E-state index contributed by atoms with van der Waals surface area (Å²) in [6.45, 7) is 0. The van der Waals surface area contributed by atoms with E-state index in [2.05, 4.69) is 10.1 Å². The fourth-order valence-electron chi connectivity index (χ4n) is 2.81. The average molecular weight is 416 g/mol. The van der Waals surface area contributed by atoms with Crippen LogP contribution in [0.4, 0.5) is 15.8 Å². The predicted molar refractivity (Wildman–Crippen MR) is 106 cm³/mol. The SMILES string of the molecule is COC(=O)c1ccc(N2C(=O)C[C@@H](SCC(=O)Nc3cccc(F)c3)C2=O)cc1. The Kier molecular flexibility index (Phi) is 6.28. The van der Waals surface area contributed by atoms with Crippen molar-refractivity contribution < 1.29 is 28.3 Å². The van der Waals surface area contributed by atoms with Crippen LogP contribution in [0.25, 0.3) is 0 Å². The molecule has 29 heavy (non-hydrogen) atoms. The van der Waals surface area contributed by atoms with Gasteiger partial charge in [-0.1, -0.05) is 6.07 Å². The molecule has 9 heteroatoms. The molecular weight excluding hydrogens is 399 g/mol. The van der Waals surface area contributed by atoms with Crippen molar-refractivity contribution >= 4 is 46.8 Å². The summed E-state index contributed by atoms with van der Waals surface area (Å²) >= 11 is 1.05. The molecular formula is C20H17FN2O5S. The molecule has 0 saturated carbocycles. The van der Waals surface area contributed by atoms with Gasteiger partial charge in [-0.2, -0.15) is 0 Å². The van der Waals surface area contributed by atoms with Crippen LogP contribution in [-0.2, 0) is 19.1 Å². The number of imide groups is 1. The molecule has 3 rings (SSSR count). The lowest BCUT2D eigenvalue weighted by molar-refractivity contribution is -0.121. The van der Waals surface area contributed by atoms with Gasteiger partial charge in [0.15, 0.2) is 0 Å². The number of nitrogens with zero attached hydrogens (tertiary/aromatic N) is 1. The third-order valence-electron chi connectivity index (χ3n) is 4.18. The number of halogens is 1. The molecule has 0 radical (unpaired) electrons. The fourth-order valence-corrected chi connectivity index (χ4v) is 3.74. The molecule has 1 fully saturated rings. The monoisotopic (exact) mass is 416 g/mol. The van der Waals surface area contributed by atoms with E-state index in [1.807, 2.05) is 0 Å². The standard InChI is InChI=1S/C20H17FN2O5S/c1-28-20(27)12-5-7-15(8-6-12)23-18(25)10-16(19(23)26)29-11-17(24)22-14-4-2-3-13(21)9-14/h2-9,16H,10-11H2,1H3,(H,22,24)/t16-/m1/s1. The summed E-state index contributed by atoms with van der Waals surface area (Å²) in [5, 5.41) is 1.85. The van der Waals surface area contributed by atoms with Crippen molar-refractivity contribution in [2.75, 3.05) is 23.1 Å². The van der Waals surface area contributed by atoms with Crippen LogP contribution in [0.15, 0.2) is 48.5 Å². The van der Waals surface area contributed by atoms with Crippen LogP contribution in [0.1, 0.15) is 16.8 Å². The highest BCUT2D eigenvalue weighted by molar-refractivity contribution is 8.01. The molecule has 150 valence electrons. The Labute approximate surface area is 170 Å². The van der Waals surface area contributed by atoms with Crippen molar-refractivity contribution in [3.05, 3.63) is 59.9 Å². The summed E-state index contributed by atoms with van der Waals surface area (Å²) in [6.07, 6.45) is -0.0322. The number of esters is 1. The number of hydrogen-bond donors (Lipinski definition) is 1. The summed E-state index contributed by atoms with van der Waals surface area (Å²) in [7, 11) is 1.26. The van der Waals surface area contributed by atoms with Crippen molar-refractivity contribution in [2.24, 2.45) is 0 Å². The Hall–Kier alpha value is -3.20. The van der Waals surface area contributed by atoms with Gasteiger partial charge in [0.25, 0.3) is 0 Å². The molecule has 3 amide bonds. The first-order valence-electron chi connectivity index (χ1n) is 8.61. The summed E-state index contributed by atoms with van der Waals surface area (Å²) in [6, 6.07) is 11.4. The first-order chi connectivity index (χ1) is 13.9. The van der Waals surface area contributed by atoms with E-state index in [1.165, 1.54) is 49.6 Å². The molecule has 0 aromatic heterocycles. The highest BCUT2D eigenvalue weighted by Gasteiger charge is 2.40. The van der Waals surface area contributed by atoms with Crippen LogP contribution in [0.3, 0.4) is 0 Å². The average Bonchev–Trinajstić information content (AvgIpc) is 2.99. The molecule has 2 aromatic carbocycles. The largest absolute Gasteiger partial charge is 0.465 e. The Morgan fingerprint density at radius 1 is 1.21 bits per heavy atom. The number of rotatable bonds is 6. The van der Waals surface area contributed by atoms with Crippen LogP contribution in [0.2, 0.25) is 0 Å². The number of benzene rings is 2. The third kappa shape index (κ3) is 4.80. The lowest BCUT2D eigenvalue weighted by Crippen LogP contribution is -2.31. The summed E-state index contributed by atoms with van der Waals surface area (Å²) in [5.74, 6) is -2.26. The van der Waals surface area contributed by atoms with Gasteiger partial charge in [-0.15, -0.1) is 11.8 Å². The minimum Gasteiger partial charge on any atom is -0.465 e. The second-order valence-corrected chi connectivity index (χ2v) is 7.36. The van der Waals surface area contributed by atoms with Crippen molar-refractivity contribution in [3.8, 4) is 0 Å². The maximum absolute atomic E-state index is 13.2. The number of thioether (sulfide) groups is 1. The number of carbonyl (C=O) groups is 4. The Bertz CT molecular complexity index is 964. The number of amides is 3. The lowest BCUT2D eigenvalue weighted by Gasteiger charge is -2.15. The second kappa shape index (κ2) is 8.87. The fraction of sp³-hybridized carbons (Fsp3) is 0.200. The Balaban J connectivity index is 1.60. The quantitative estimate of drug-likeness (QED) is 0.575. The van der Waals surface area contributed by atoms with Gasteiger partial charge < -0.3 is 10.1 Å². The maximum atomic E-state index is 13.2. The van der Waals surface area contributed by atoms with Crippen molar-refractivity contribution in [2.45, 2.75) is 11.7 Å². The van der Waals surface area contributed by atoms with E-state index in [9.17, 15) is 23.6 Å². The number of nitrogens with one attached hydrogen (secondary N) is 1. The van der Waals surface area contributed by atoms with Crippen LogP contribution in [0.5, 0.6) is 0 Å². The van der Waals surface area contributed by atoms with E-state index in [1.54, 1.807) is 6.07 Å². The van der Waals surface area contributed by atoms with Gasteiger partial charge in [0.1, 0.15) is 5.82 Å². The summed E-state index contributed by atoms with van der Waals surface area (Å²) < 4.78 is 17.8. The van der Waals surface area contributed by atoms with E-state index < -0.39 is 28.9 Å². The lowest BCUT2D eigenvalue weighted by atomic mass is 10.2. The molecule has 1 aliphatic rings. The molecule has 2 aromatic rings. The summed E-state index contributed by atoms with van der Waals surface area (Å²) in [5.41, 5.74) is 0.965. The molecule has 0 bridgehead atoms. The molecule has 1 heterocycles. The highest BCUT2D eigenvalue weighted by atomic mass is 32.2. The highest BCUT2D eigenvalue weighted by Crippen LogP contribution is 2.30. The van der Waals surface area contributed by atoms with Gasteiger partial charge in [-0.05, 0) is 42.5 Å². The molecule has 0 spiro atoms. The molecule has 1 aliphatic heterocycles. The molecule has 0 aliphatic carbocycles. The topological polar surface area (TPSA) is 92.8 Å². The zero-order chi connectivity index (χ0) is 21.0. The van der Waals surface area contributed by atoms with Crippen LogP contribution >= 0.6 is 11.8 Å². The minimum atomic E-state index is -0.693. The van der Waals surface area contributed by atoms with E-state index >= 15 is 0 Å². The molecule has 1 saturated heterocycles. The minimum absolute atomic E-state index is 0.0322. The van der Waals surface area contributed by atoms with E-state index in [4.69, 9.17) is 0 Å². The zero-order valence-electron chi connectivity index (χ0n) is 15.4. The number of methoxy groups -OCH3 is 1. The van der Waals surface area contributed by atoms with Gasteiger partial charge in [0, 0.05) is 12.1 Å². The van der Waals surface area contributed by atoms with Crippen molar-refractivity contribution in [1.29, 1.82) is 0 Å². The Morgan fingerprint density at radius 2 is 1.93 bits per heavy atom. The smallest absolute Gasteiger partial charge is 0.337 e. The number of carbonyl (C=O) groups excluding carboxylic acids is 4. The molecule has 1 atom stereocenters. The maximum Gasteiger partial charge on any atom is 0.337 e. The summed E-state index contributed by atoms with van der Waals surface area (Å²) in [4.78, 5) is 49.5. The van der Waals surface area contributed by atoms with Gasteiger partial charge in [-0.3, -0.25) is 14.4 Å². The van der Waals surface area contributed by atoms with Crippen LogP contribution in [0, 0.1) is 5.82 Å². The van der Waals surface area contributed by atoms with E-state index in [0.717, 1.165) is 16.7 Å². The second-order valence-electron chi connectivity index (χ2n) is 6.17. The van der Waals surface area contributed by atoms with Gasteiger partial charge in [0.2, 0.25) is 17.7 Å². The molecule has 0 unspecified atom stereocenters. The number of hydrogen-bond acceptors (Lipinski definition) is 6. The van der Waals surface area contributed by atoms with Crippen LogP contribution in [-0.4, -0.2) is 41.8 Å². The first kappa shape index (κ1) is 20.5. The van der Waals surface area contributed by atoms with E-state index in [0.29, 0.717) is 16.9 Å². The van der Waals surface area contributed by atoms with E-state index in [-0.39, 0.29) is 18.1 Å². The normalized spacial score (nSPS) is 16.1. The van der Waals surface area contributed by atoms with Gasteiger partial charge >= 0.3 is 5.97 Å². The Morgan fingerprint density at radius 3 is 2.59 bits per heavy atom. The van der Waals surface area contributed by atoms with Crippen molar-refractivity contribution in [1.82, 2.24) is 0 Å². The predicted octanol–water partition coefficient (Wildman–Crippen LogP) is 2.62. The zero-order valence-corrected chi connectivity index (χ0v) is 16.2. The molecule has 7 nitrogen and oxygen atoms in total. The van der Waals surface area contributed by atoms with Crippen LogP contribution < -0.4 is 10.2 Å². The number of anilines is 2. The first-order valence-corrected chi connectivity index (χ1v) is 9.66. The third-order valence-corrected chi connectivity index (χ3v) is 5.38. The van der Waals surface area contributed by atoms with Crippen molar-refractivity contribution in [3.63, 3.8) is 0 Å². The number of ether oxygens (including phenoxy) is 1. The van der Waals surface area contributed by atoms with Gasteiger partial charge in [-0.25, -0.2) is 14.1 Å².